The summed E-state index contributed by atoms with van der Waals surface area (Å²) in [5, 5.41) is 3.59. The van der Waals surface area contributed by atoms with Crippen LogP contribution in [0.15, 0.2) is 58.2 Å². The van der Waals surface area contributed by atoms with E-state index in [1.165, 1.54) is 17.3 Å². The molecule has 0 saturated carbocycles. The Morgan fingerprint density at radius 2 is 1.86 bits per heavy atom. The SMILES string of the molecule is CCN(CCCNC(=O)c1cc(=O)[nH]c2ccc(S(=O)N3CCCCCC3)cc12)c1cccc(C)c1. The van der Waals surface area contributed by atoms with E-state index in [4.69, 9.17) is 0 Å². The van der Waals surface area contributed by atoms with Gasteiger partial charge in [-0.3, -0.25) is 9.59 Å². The van der Waals surface area contributed by atoms with E-state index < -0.39 is 11.0 Å². The van der Waals surface area contributed by atoms with E-state index in [9.17, 15) is 13.8 Å². The first-order valence-electron chi connectivity index (χ1n) is 12.9. The van der Waals surface area contributed by atoms with Crippen molar-refractivity contribution in [3.63, 3.8) is 0 Å². The summed E-state index contributed by atoms with van der Waals surface area (Å²) in [7, 11) is -1.29. The van der Waals surface area contributed by atoms with Crippen molar-refractivity contribution in [2.75, 3.05) is 37.6 Å². The summed E-state index contributed by atoms with van der Waals surface area (Å²) in [4.78, 5) is 31.1. The topological polar surface area (TPSA) is 85.5 Å². The summed E-state index contributed by atoms with van der Waals surface area (Å²) in [6.07, 6.45) is 5.19. The standard InChI is InChI=1S/C28H36N4O3S/c1-3-31(22-11-8-10-21(2)18-22)15-9-14-29-28(34)25-20-27(33)30-26-13-12-23(19-24(25)26)36(35)32-16-6-4-5-7-17-32/h8,10-13,18-20H,3-7,9,14-17H2,1-2H3,(H,29,34)(H,30,33). The molecule has 1 fully saturated rings. The minimum Gasteiger partial charge on any atom is -0.372 e. The number of benzene rings is 2. The molecule has 2 N–H and O–H groups in total. The number of amides is 1. The fourth-order valence-electron chi connectivity index (χ4n) is 4.75. The summed E-state index contributed by atoms with van der Waals surface area (Å²) in [6, 6.07) is 15.1. The first kappa shape index (κ1) is 26.1. The fraction of sp³-hybridized carbons (Fsp3) is 0.429. The van der Waals surface area contributed by atoms with E-state index in [-0.39, 0.29) is 11.5 Å². The summed E-state index contributed by atoms with van der Waals surface area (Å²) in [5.74, 6) is -0.289. The van der Waals surface area contributed by atoms with Crippen LogP contribution in [0.25, 0.3) is 10.9 Å². The van der Waals surface area contributed by atoms with Gasteiger partial charge in [0.05, 0.1) is 10.5 Å². The third kappa shape index (κ3) is 6.42. The number of aromatic amines is 1. The molecule has 192 valence electrons. The van der Waals surface area contributed by atoms with Crippen molar-refractivity contribution in [1.29, 1.82) is 0 Å². The van der Waals surface area contributed by atoms with E-state index in [0.717, 1.165) is 58.3 Å². The van der Waals surface area contributed by atoms with E-state index in [2.05, 4.69) is 53.3 Å². The maximum Gasteiger partial charge on any atom is 0.252 e. The van der Waals surface area contributed by atoms with Gasteiger partial charge in [-0.25, -0.2) is 8.51 Å². The molecule has 0 radical (unpaired) electrons. The number of pyridine rings is 1. The van der Waals surface area contributed by atoms with Gasteiger partial charge in [-0.1, -0.05) is 25.0 Å². The van der Waals surface area contributed by atoms with Gasteiger partial charge in [0.15, 0.2) is 0 Å². The molecule has 1 saturated heterocycles. The lowest BCUT2D eigenvalue weighted by atomic mass is 10.1. The van der Waals surface area contributed by atoms with Crippen LogP contribution >= 0.6 is 0 Å². The molecule has 0 aliphatic carbocycles. The Bertz CT molecular complexity index is 1280. The molecule has 1 unspecified atom stereocenters. The van der Waals surface area contributed by atoms with Crippen molar-refractivity contribution >= 4 is 33.5 Å². The first-order chi connectivity index (χ1) is 17.5. The molecule has 0 spiro atoms. The molecule has 1 atom stereocenters. The molecule has 2 heterocycles. The molecule has 7 nitrogen and oxygen atoms in total. The lowest BCUT2D eigenvalue weighted by Crippen LogP contribution is -2.30. The monoisotopic (exact) mass is 508 g/mol. The zero-order valence-corrected chi connectivity index (χ0v) is 22.0. The second-order valence-electron chi connectivity index (χ2n) is 9.38. The summed E-state index contributed by atoms with van der Waals surface area (Å²) in [6.45, 7) is 8.01. The van der Waals surface area contributed by atoms with E-state index in [1.807, 2.05) is 4.31 Å². The van der Waals surface area contributed by atoms with Crippen LogP contribution in [0.4, 0.5) is 5.69 Å². The Morgan fingerprint density at radius 3 is 2.58 bits per heavy atom. The van der Waals surface area contributed by atoms with Crippen LogP contribution in [-0.4, -0.2) is 52.1 Å². The van der Waals surface area contributed by atoms with Crippen LogP contribution < -0.4 is 15.8 Å². The second-order valence-corrected chi connectivity index (χ2v) is 10.9. The van der Waals surface area contributed by atoms with Crippen LogP contribution in [0.5, 0.6) is 0 Å². The Labute approximate surface area is 215 Å². The number of fused-ring (bicyclic) bond motifs is 1. The predicted molar refractivity (Wildman–Crippen MR) is 147 cm³/mol. The van der Waals surface area contributed by atoms with Crippen molar-refractivity contribution in [3.8, 4) is 0 Å². The molecule has 2 aromatic carbocycles. The molecule has 4 rings (SSSR count). The molecule has 8 heteroatoms. The predicted octanol–water partition coefficient (Wildman–Crippen LogP) is 4.38. The van der Waals surface area contributed by atoms with Crippen molar-refractivity contribution in [3.05, 3.63) is 70.0 Å². The molecule has 1 amide bonds. The minimum atomic E-state index is -1.29. The van der Waals surface area contributed by atoms with Crippen LogP contribution in [0, 0.1) is 6.92 Å². The number of aryl methyl sites for hydroxylation is 1. The highest BCUT2D eigenvalue weighted by Crippen LogP contribution is 2.23. The summed E-state index contributed by atoms with van der Waals surface area (Å²) < 4.78 is 15.3. The number of hydrogen-bond donors (Lipinski definition) is 2. The van der Waals surface area contributed by atoms with Gasteiger partial charge in [-0.15, -0.1) is 0 Å². The number of nitrogens with one attached hydrogen (secondary N) is 2. The van der Waals surface area contributed by atoms with Crippen LogP contribution in [0.3, 0.4) is 0 Å². The lowest BCUT2D eigenvalue weighted by molar-refractivity contribution is 0.0955. The number of carbonyl (C=O) groups is 1. The van der Waals surface area contributed by atoms with Gasteiger partial charge in [0.1, 0.15) is 11.0 Å². The quantitative estimate of drug-likeness (QED) is 0.420. The third-order valence-corrected chi connectivity index (χ3v) is 8.19. The summed E-state index contributed by atoms with van der Waals surface area (Å²) in [5.41, 5.74) is 2.95. The molecular formula is C28H36N4O3S. The number of carbonyl (C=O) groups excluding carboxylic acids is 1. The lowest BCUT2D eigenvalue weighted by Gasteiger charge is -2.23. The van der Waals surface area contributed by atoms with E-state index >= 15 is 0 Å². The molecular weight excluding hydrogens is 472 g/mol. The maximum atomic E-state index is 13.2. The Hall–Kier alpha value is -2.97. The zero-order chi connectivity index (χ0) is 25.5. The molecule has 1 aliphatic heterocycles. The third-order valence-electron chi connectivity index (χ3n) is 6.70. The fourth-order valence-corrected chi connectivity index (χ4v) is 6.04. The normalized spacial score (nSPS) is 15.4. The van der Waals surface area contributed by atoms with Gasteiger partial charge in [-0.2, -0.15) is 0 Å². The maximum absolute atomic E-state index is 13.2. The number of H-pyrrole nitrogens is 1. The van der Waals surface area contributed by atoms with Crippen molar-refractivity contribution in [1.82, 2.24) is 14.6 Å². The molecule has 36 heavy (non-hydrogen) atoms. The number of hydrogen-bond acceptors (Lipinski definition) is 4. The Morgan fingerprint density at radius 1 is 1.08 bits per heavy atom. The van der Waals surface area contributed by atoms with Crippen LogP contribution in [0.2, 0.25) is 0 Å². The average molecular weight is 509 g/mol. The van der Waals surface area contributed by atoms with Gasteiger partial charge in [-0.05, 0) is 69.0 Å². The van der Waals surface area contributed by atoms with Gasteiger partial charge >= 0.3 is 0 Å². The highest BCUT2D eigenvalue weighted by Gasteiger charge is 2.19. The number of aromatic nitrogens is 1. The average Bonchev–Trinajstić information content (AvgIpc) is 3.17. The largest absolute Gasteiger partial charge is 0.372 e. The zero-order valence-electron chi connectivity index (χ0n) is 21.2. The van der Waals surface area contributed by atoms with Crippen molar-refractivity contribution in [2.24, 2.45) is 0 Å². The van der Waals surface area contributed by atoms with Crippen molar-refractivity contribution in [2.45, 2.75) is 50.8 Å². The van der Waals surface area contributed by atoms with Crippen LogP contribution in [-0.2, 0) is 11.0 Å². The molecule has 3 aromatic rings. The Balaban J connectivity index is 1.45. The van der Waals surface area contributed by atoms with Gasteiger partial charge in [0.25, 0.3) is 5.91 Å². The number of anilines is 1. The van der Waals surface area contributed by atoms with Gasteiger partial charge in [0, 0.05) is 55.4 Å². The number of rotatable bonds is 9. The minimum absolute atomic E-state index is 0.289. The van der Waals surface area contributed by atoms with E-state index in [1.54, 1.807) is 18.2 Å². The highest BCUT2D eigenvalue weighted by atomic mass is 32.2. The first-order valence-corrected chi connectivity index (χ1v) is 14.0. The molecule has 1 aromatic heterocycles. The number of nitrogens with zero attached hydrogens (tertiary/aromatic N) is 2. The summed E-state index contributed by atoms with van der Waals surface area (Å²) >= 11 is 0. The highest BCUT2D eigenvalue weighted by molar-refractivity contribution is 7.82. The van der Waals surface area contributed by atoms with Gasteiger partial charge in [0.2, 0.25) is 5.56 Å². The Kier molecular flexibility index (Phi) is 8.93. The second kappa shape index (κ2) is 12.3. The smallest absolute Gasteiger partial charge is 0.252 e. The van der Waals surface area contributed by atoms with Crippen LogP contribution in [0.1, 0.15) is 54.9 Å². The van der Waals surface area contributed by atoms with E-state index in [0.29, 0.717) is 27.9 Å². The van der Waals surface area contributed by atoms with Crippen molar-refractivity contribution < 1.29 is 9.00 Å². The molecule has 0 bridgehead atoms. The van der Waals surface area contributed by atoms with Gasteiger partial charge < -0.3 is 15.2 Å². The molecule has 1 aliphatic rings.